The number of rotatable bonds is 8. The van der Waals surface area contributed by atoms with E-state index < -0.39 is 17.7 Å². The number of benzene rings is 2. The lowest BCUT2D eigenvalue weighted by atomic mass is 9.94. The first-order chi connectivity index (χ1) is 16.5. The molecule has 34 heavy (non-hydrogen) atoms. The summed E-state index contributed by atoms with van der Waals surface area (Å²) in [4.78, 5) is 30.2. The number of aliphatic hydroxyl groups excluding tert-OH is 1. The topological polar surface area (TPSA) is 88.5 Å². The number of amides is 1. The van der Waals surface area contributed by atoms with Crippen molar-refractivity contribution in [2.24, 2.45) is 0 Å². The Bertz CT molecular complexity index is 1080. The van der Waals surface area contributed by atoms with Gasteiger partial charge in [0.05, 0.1) is 44.6 Å². The van der Waals surface area contributed by atoms with Crippen molar-refractivity contribution in [2.45, 2.75) is 12.5 Å². The van der Waals surface area contributed by atoms with Gasteiger partial charge in [0.25, 0.3) is 11.7 Å². The Balaban J connectivity index is 1.72. The predicted octanol–water partition coefficient (Wildman–Crippen LogP) is 2.85. The number of para-hydroxylation sites is 1. The molecule has 2 fully saturated rings. The second-order valence-electron chi connectivity index (χ2n) is 8.28. The average molecular weight is 467 g/mol. The number of carbonyl (C=O) groups is 2. The number of ether oxygens (including phenoxy) is 3. The van der Waals surface area contributed by atoms with E-state index in [-0.39, 0.29) is 11.3 Å². The van der Waals surface area contributed by atoms with Crippen molar-refractivity contribution >= 4 is 17.4 Å². The van der Waals surface area contributed by atoms with Crippen LogP contribution in [0.15, 0.2) is 54.1 Å². The monoisotopic (exact) mass is 466 g/mol. The number of hydrogen-bond donors (Lipinski definition) is 1. The highest BCUT2D eigenvalue weighted by molar-refractivity contribution is 6.46. The third-order valence-corrected chi connectivity index (χ3v) is 6.29. The molecule has 8 nitrogen and oxygen atoms in total. The number of morpholine rings is 1. The Morgan fingerprint density at radius 2 is 1.79 bits per heavy atom. The van der Waals surface area contributed by atoms with E-state index in [9.17, 15) is 14.7 Å². The number of Topliss-reactive ketones (excluding diaryl/α,β-unsaturated/α-hetero) is 1. The lowest BCUT2D eigenvalue weighted by Gasteiger charge is -2.29. The van der Waals surface area contributed by atoms with Gasteiger partial charge in [0, 0.05) is 26.2 Å². The van der Waals surface area contributed by atoms with Crippen LogP contribution in [0.1, 0.15) is 23.6 Å². The second-order valence-corrected chi connectivity index (χ2v) is 8.28. The summed E-state index contributed by atoms with van der Waals surface area (Å²) in [7, 11) is 3.06. The van der Waals surface area contributed by atoms with Gasteiger partial charge in [0.1, 0.15) is 17.3 Å². The normalized spacial score (nSPS) is 20.5. The molecule has 2 aliphatic rings. The van der Waals surface area contributed by atoms with Crippen LogP contribution < -0.4 is 9.47 Å². The lowest BCUT2D eigenvalue weighted by Crippen LogP contribution is -2.38. The van der Waals surface area contributed by atoms with Crippen LogP contribution in [0.2, 0.25) is 0 Å². The molecule has 0 spiro atoms. The molecule has 2 aliphatic heterocycles. The summed E-state index contributed by atoms with van der Waals surface area (Å²) in [6, 6.07) is 13.4. The molecule has 2 saturated heterocycles. The summed E-state index contributed by atoms with van der Waals surface area (Å²) in [6.45, 7) is 4.29. The van der Waals surface area contributed by atoms with Crippen LogP contribution in [0.25, 0.3) is 5.76 Å². The highest BCUT2D eigenvalue weighted by Crippen LogP contribution is 2.41. The Morgan fingerprint density at radius 1 is 1.03 bits per heavy atom. The largest absolute Gasteiger partial charge is 0.507 e. The molecule has 0 saturated carbocycles. The first kappa shape index (κ1) is 23.8. The Labute approximate surface area is 199 Å². The molecular weight excluding hydrogens is 436 g/mol. The zero-order chi connectivity index (χ0) is 24.1. The van der Waals surface area contributed by atoms with Gasteiger partial charge < -0.3 is 24.2 Å². The van der Waals surface area contributed by atoms with E-state index in [1.807, 2.05) is 12.1 Å². The molecule has 0 aromatic heterocycles. The Hall–Kier alpha value is -3.36. The highest BCUT2D eigenvalue weighted by atomic mass is 16.5. The minimum absolute atomic E-state index is 0.0501. The van der Waals surface area contributed by atoms with Gasteiger partial charge in [0.2, 0.25) is 0 Å². The molecule has 8 heteroatoms. The van der Waals surface area contributed by atoms with E-state index in [4.69, 9.17) is 14.2 Å². The molecule has 4 rings (SSSR count). The van der Waals surface area contributed by atoms with Gasteiger partial charge in [-0.05, 0) is 36.2 Å². The van der Waals surface area contributed by atoms with Gasteiger partial charge in [-0.25, -0.2) is 0 Å². The molecule has 2 aromatic rings. The summed E-state index contributed by atoms with van der Waals surface area (Å²) < 4.78 is 16.2. The Kier molecular flexibility index (Phi) is 7.49. The number of ketones is 1. The molecule has 1 unspecified atom stereocenters. The van der Waals surface area contributed by atoms with Gasteiger partial charge in [-0.1, -0.05) is 24.3 Å². The third-order valence-electron chi connectivity index (χ3n) is 6.29. The van der Waals surface area contributed by atoms with Gasteiger partial charge in [-0.15, -0.1) is 0 Å². The van der Waals surface area contributed by atoms with Gasteiger partial charge in [-0.2, -0.15) is 0 Å². The maximum Gasteiger partial charge on any atom is 0.295 e. The highest BCUT2D eigenvalue weighted by Gasteiger charge is 2.46. The molecule has 1 amide bonds. The van der Waals surface area contributed by atoms with Crippen molar-refractivity contribution in [2.75, 3.05) is 53.6 Å². The predicted molar refractivity (Wildman–Crippen MR) is 127 cm³/mol. The summed E-state index contributed by atoms with van der Waals surface area (Å²) in [6.07, 6.45) is 0.697. The molecule has 0 radical (unpaired) electrons. The third kappa shape index (κ3) is 4.78. The van der Waals surface area contributed by atoms with Crippen LogP contribution in [0.5, 0.6) is 11.5 Å². The first-order valence-corrected chi connectivity index (χ1v) is 11.4. The smallest absolute Gasteiger partial charge is 0.295 e. The number of carbonyl (C=O) groups excluding carboxylic acids is 2. The fourth-order valence-electron chi connectivity index (χ4n) is 4.54. The summed E-state index contributed by atoms with van der Waals surface area (Å²) in [5.74, 6) is -0.551. The number of hydrogen-bond acceptors (Lipinski definition) is 7. The first-order valence-electron chi connectivity index (χ1n) is 11.4. The minimum atomic E-state index is -0.732. The molecule has 180 valence electrons. The van der Waals surface area contributed by atoms with Crippen molar-refractivity contribution in [3.05, 3.63) is 65.2 Å². The minimum Gasteiger partial charge on any atom is -0.507 e. The van der Waals surface area contributed by atoms with E-state index >= 15 is 0 Å². The van der Waals surface area contributed by atoms with E-state index in [2.05, 4.69) is 4.90 Å². The van der Waals surface area contributed by atoms with E-state index in [0.717, 1.165) is 19.6 Å². The maximum atomic E-state index is 13.2. The van der Waals surface area contributed by atoms with Crippen LogP contribution >= 0.6 is 0 Å². The second kappa shape index (κ2) is 10.7. The quantitative estimate of drug-likeness (QED) is 0.364. The van der Waals surface area contributed by atoms with Crippen LogP contribution in [0.3, 0.4) is 0 Å². The molecule has 1 atom stereocenters. The molecular formula is C26H30N2O6. The zero-order valence-electron chi connectivity index (χ0n) is 19.5. The van der Waals surface area contributed by atoms with Gasteiger partial charge in [-0.3, -0.25) is 14.5 Å². The standard InChI is InChI=1S/C26H30N2O6/c1-32-19-8-5-7-18(17-19)23-22(24(29)20-9-3-4-10-21(20)33-2)25(30)26(31)28(23)12-6-11-27-13-15-34-16-14-27/h3-5,7-10,17,23,29H,6,11-16H2,1-2H3/b24-22+. The molecule has 2 heterocycles. The number of nitrogens with zero attached hydrogens (tertiary/aromatic N) is 2. The fourth-order valence-corrected chi connectivity index (χ4v) is 4.54. The van der Waals surface area contributed by atoms with Gasteiger partial charge >= 0.3 is 0 Å². The molecule has 1 N–H and O–H groups in total. The number of likely N-dealkylation sites (tertiary alicyclic amines) is 1. The zero-order valence-corrected chi connectivity index (χ0v) is 19.5. The van der Waals surface area contributed by atoms with Crippen molar-refractivity contribution in [3.8, 4) is 11.5 Å². The fraction of sp³-hybridized carbons (Fsp3) is 0.385. The summed E-state index contributed by atoms with van der Waals surface area (Å²) in [5, 5.41) is 11.3. The Morgan fingerprint density at radius 3 is 2.53 bits per heavy atom. The summed E-state index contributed by atoms with van der Waals surface area (Å²) in [5.41, 5.74) is 1.11. The van der Waals surface area contributed by atoms with Crippen molar-refractivity contribution < 1.29 is 28.9 Å². The molecule has 2 aromatic carbocycles. The average Bonchev–Trinajstić information content (AvgIpc) is 3.14. The van der Waals surface area contributed by atoms with E-state index in [1.54, 1.807) is 48.4 Å². The molecule has 0 aliphatic carbocycles. The number of methoxy groups -OCH3 is 2. The SMILES string of the molecule is COc1cccc(C2/C(=C(\O)c3ccccc3OC)C(=O)C(=O)N2CCCN2CCOCC2)c1. The number of aliphatic hydroxyl groups is 1. The van der Waals surface area contributed by atoms with Crippen molar-refractivity contribution in [3.63, 3.8) is 0 Å². The van der Waals surface area contributed by atoms with Crippen LogP contribution in [-0.4, -0.2) is 80.2 Å². The molecule has 0 bridgehead atoms. The van der Waals surface area contributed by atoms with Gasteiger partial charge in [0.15, 0.2) is 0 Å². The van der Waals surface area contributed by atoms with Crippen LogP contribution in [-0.2, 0) is 14.3 Å². The lowest BCUT2D eigenvalue weighted by molar-refractivity contribution is -0.140. The van der Waals surface area contributed by atoms with E-state index in [1.165, 1.54) is 7.11 Å². The van der Waals surface area contributed by atoms with Crippen molar-refractivity contribution in [1.82, 2.24) is 9.80 Å². The van der Waals surface area contributed by atoms with Crippen LogP contribution in [0, 0.1) is 0 Å². The van der Waals surface area contributed by atoms with Crippen molar-refractivity contribution in [1.29, 1.82) is 0 Å². The summed E-state index contributed by atoms with van der Waals surface area (Å²) >= 11 is 0. The van der Waals surface area contributed by atoms with Crippen LogP contribution in [0.4, 0.5) is 0 Å². The maximum absolute atomic E-state index is 13.2. The van der Waals surface area contributed by atoms with E-state index in [0.29, 0.717) is 48.8 Å².